The molecule has 1 aromatic carbocycles. The molecule has 6 heteroatoms. The van der Waals surface area contributed by atoms with Crippen LogP contribution in [0.4, 0.5) is 0 Å². The molecule has 0 bridgehead atoms. The lowest BCUT2D eigenvalue weighted by Crippen LogP contribution is -2.50. The Morgan fingerprint density at radius 2 is 2.13 bits per heavy atom. The highest BCUT2D eigenvalue weighted by atomic mass is 16.5. The second-order valence-electron chi connectivity index (χ2n) is 5.69. The third-order valence-corrected chi connectivity index (χ3v) is 4.06. The molecule has 23 heavy (non-hydrogen) atoms. The van der Waals surface area contributed by atoms with E-state index in [1.54, 1.807) is 15.8 Å². The average Bonchev–Trinajstić information content (AvgIpc) is 2.99. The fraction of sp³-hybridized carbons (Fsp3) is 0.412. The molecule has 0 saturated carbocycles. The van der Waals surface area contributed by atoms with Gasteiger partial charge in [-0.15, -0.1) is 0 Å². The molecule has 1 N–H and O–H groups in total. The van der Waals surface area contributed by atoms with Gasteiger partial charge in [0.1, 0.15) is 12.6 Å². The fourth-order valence-corrected chi connectivity index (χ4v) is 2.99. The molecule has 1 aromatic heterocycles. The molecule has 2 heterocycles. The largest absolute Gasteiger partial charge is 0.394 e. The lowest BCUT2D eigenvalue weighted by atomic mass is 9.98. The van der Waals surface area contributed by atoms with Crippen LogP contribution in [0.15, 0.2) is 42.6 Å². The van der Waals surface area contributed by atoms with E-state index in [0.717, 1.165) is 11.3 Å². The molecule has 1 fully saturated rings. The Morgan fingerprint density at radius 1 is 1.35 bits per heavy atom. The Balaban J connectivity index is 1.83. The molecule has 1 saturated heterocycles. The summed E-state index contributed by atoms with van der Waals surface area (Å²) in [6.07, 6.45) is 1.39. The number of aryl methyl sites for hydroxylation is 1. The van der Waals surface area contributed by atoms with Crippen LogP contribution in [-0.2, 0) is 16.1 Å². The number of hydrogen-bond donors (Lipinski definition) is 1. The summed E-state index contributed by atoms with van der Waals surface area (Å²) in [5, 5.41) is 13.9. The first-order chi connectivity index (χ1) is 11.2. The highest BCUT2D eigenvalue weighted by Gasteiger charge is 2.35. The third kappa shape index (κ3) is 3.43. The number of ether oxygens (including phenoxy) is 1. The van der Waals surface area contributed by atoms with Gasteiger partial charge in [-0.25, -0.2) is 0 Å². The first kappa shape index (κ1) is 15.7. The Bertz CT molecular complexity index is 656. The van der Waals surface area contributed by atoms with E-state index in [-0.39, 0.29) is 25.1 Å². The van der Waals surface area contributed by atoms with Crippen molar-refractivity contribution in [3.05, 3.63) is 53.9 Å². The summed E-state index contributed by atoms with van der Waals surface area (Å²) in [4.78, 5) is 14.5. The van der Waals surface area contributed by atoms with Gasteiger partial charge in [0.2, 0.25) is 5.91 Å². The Kier molecular flexibility index (Phi) is 4.73. The number of rotatable bonds is 4. The second kappa shape index (κ2) is 6.93. The maximum Gasteiger partial charge on any atom is 0.244 e. The minimum absolute atomic E-state index is 0.0243. The Morgan fingerprint density at radius 3 is 2.78 bits per heavy atom. The number of nitrogens with zero attached hydrogens (tertiary/aromatic N) is 3. The smallest absolute Gasteiger partial charge is 0.244 e. The second-order valence-corrected chi connectivity index (χ2v) is 5.69. The highest BCUT2D eigenvalue weighted by molar-refractivity contribution is 5.76. The number of amides is 1. The number of aliphatic hydroxyl groups is 1. The normalized spacial score (nSPS) is 21.4. The molecule has 2 aromatic rings. The van der Waals surface area contributed by atoms with Gasteiger partial charge in [0.15, 0.2) is 0 Å². The highest BCUT2D eigenvalue weighted by Crippen LogP contribution is 2.29. The van der Waals surface area contributed by atoms with Crippen molar-refractivity contribution in [2.45, 2.75) is 25.6 Å². The van der Waals surface area contributed by atoms with Gasteiger partial charge < -0.3 is 14.7 Å². The zero-order valence-electron chi connectivity index (χ0n) is 13.1. The molecule has 0 spiro atoms. The predicted octanol–water partition coefficient (Wildman–Crippen LogP) is 1.15. The maximum absolute atomic E-state index is 12.7. The minimum Gasteiger partial charge on any atom is -0.394 e. The third-order valence-electron chi connectivity index (χ3n) is 4.06. The van der Waals surface area contributed by atoms with Crippen molar-refractivity contribution in [1.82, 2.24) is 14.7 Å². The summed E-state index contributed by atoms with van der Waals surface area (Å²) >= 11 is 0. The molecule has 1 amide bonds. The number of benzene rings is 1. The van der Waals surface area contributed by atoms with Crippen molar-refractivity contribution < 1.29 is 14.6 Å². The minimum atomic E-state index is -0.408. The average molecular weight is 315 g/mol. The van der Waals surface area contributed by atoms with E-state index in [4.69, 9.17) is 4.74 Å². The van der Waals surface area contributed by atoms with Gasteiger partial charge in [0, 0.05) is 12.7 Å². The number of morpholine rings is 1. The Labute approximate surface area is 135 Å². The Hall–Kier alpha value is -2.18. The van der Waals surface area contributed by atoms with Crippen molar-refractivity contribution in [2.75, 3.05) is 19.8 Å². The van der Waals surface area contributed by atoms with Crippen molar-refractivity contribution in [3.63, 3.8) is 0 Å². The summed E-state index contributed by atoms with van der Waals surface area (Å²) in [5.41, 5.74) is 1.85. The molecular weight excluding hydrogens is 294 g/mol. The first-order valence-electron chi connectivity index (χ1n) is 7.76. The molecule has 1 aliphatic heterocycles. The van der Waals surface area contributed by atoms with Crippen molar-refractivity contribution in [2.24, 2.45) is 0 Å². The number of carbonyl (C=O) groups excluding carboxylic acids is 1. The number of carbonyl (C=O) groups is 1. The van der Waals surface area contributed by atoms with Crippen molar-refractivity contribution in [3.8, 4) is 0 Å². The van der Waals surface area contributed by atoms with E-state index in [2.05, 4.69) is 5.10 Å². The van der Waals surface area contributed by atoms with Crippen LogP contribution in [0.3, 0.4) is 0 Å². The molecule has 0 radical (unpaired) electrons. The van der Waals surface area contributed by atoms with Crippen LogP contribution in [0.2, 0.25) is 0 Å². The lowest BCUT2D eigenvalue weighted by Gasteiger charge is -2.41. The monoisotopic (exact) mass is 315 g/mol. The summed E-state index contributed by atoms with van der Waals surface area (Å²) in [6, 6.07) is 11.3. The number of aromatic nitrogens is 2. The van der Waals surface area contributed by atoms with Crippen LogP contribution in [0.25, 0.3) is 0 Å². The van der Waals surface area contributed by atoms with E-state index in [9.17, 15) is 9.90 Å². The molecule has 122 valence electrons. The molecule has 3 rings (SSSR count). The van der Waals surface area contributed by atoms with Crippen molar-refractivity contribution in [1.29, 1.82) is 0 Å². The van der Waals surface area contributed by atoms with Gasteiger partial charge in [-0.3, -0.25) is 9.48 Å². The van der Waals surface area contributed by atoms with Gasteiger partial charge in [0.05, 0.1) is 24.9 Å². The molecule has 0 aliphatic carbocycles. The van der Waals surface area contributed by atoms with E-state index in [1.165, 1.54) is 0 Å². The summed E-state index contributed by atoms with van der Waals surface area (Å²) in [6.45, 7) is 2.90. The van der Waals surface area contributed by atoms with Crippen LogP contribution in [0.1, 0.15) is 17.3 Å². The van der Waals surface area contributed by atoms with E-state index in [1.807, 2.05) is 43.3 Å². The maximum atomic E-state index is 12.7. The van der Waals surface area contributed by atoms with Crippen LogP contribution in [-0.4, -0.2) is 51.6 Å². The van der Waals surface area contributed by atoms with Crippen LogP contribution in [0.5, 0.6) is 0 Å². The SMILES string of the molecule is Cc1ccn(CC(=O)N2CCO[C@H](CO)[C@H]2c2ccccc2)n1. The van der Waals surface area contributed by atoms with Crippen LogP contribution < -0.4 is 0 Å². The quantitative estimate of drug-likeness (QED) is 0.919. The van der Waals surface area contributed by atoms with Gasteiger partial charge >= 0.3 is 0 Å². The standard InChI is InChI=1S/C17H21N3O3/c1-13-7-8-19(18-13)11-16(22)20-9-10-23-15(12-21)17(20)14-5-3-2-4-6-14/h2-8,15,17,21H,9-12H2,1H3/t15-,17-/m1/s1. The summed E-state index contributed by atoms with van der Waals surface area (Å²) in [5.74, 6) is -0.0243. The van der Waals surface area contributed by atoms with Gasteiger partial charge in [-0.2, -0.15) is 5.10 Å². The van der Waals surface area contributed by atoms with Gasteiger partial charge in [-0.05, 0) is 18.6 Å². The topological polar surface area (TPSA) is 67.6 Å². The summed E-state index contributed by atoms with van der Waals surface area (Å²) in [7, 11) is 0. The first-order valence-corrected chi connectivity index (χ1v) is 7.76. The van der Waals surface area contributed by atoms with E-state index < -0.39 is 6.10 Å². The fourth-order valence-electron chi connectivity index (χ4n) is 2.99. The van der Waals surface area contributed by atoms with E-state index >= 15 is 0 Å². The molecule has 2 atom stereocenters. The zero-order valence-corrected chi connectivity index (χ0v) is 13.1. The molecular formula is C17H21N3O3. The zero-order chi connectivity index (χ0) is 16.2. The molecule has 0 unspecified atom stereocenters. The lowest BCUT2D eigenvalue weighted by molar-refractivity contribution is -0.150. The number of aliphatic hydroxyl groups excluding tert-OH is 1. The number of hydrogen-bond acceptors (Lipinski definition) is 4. The predicted molar refractivity (Wildman–Crippen MR) is 84.7 cm³/mol. The van der Waals surface area contributed by atoms with Crippen LogP contribution >= 0.6 is 0 Å². The summed E-state index contributed by atoms with van der Waals surface area (Å²) < 4.78 is 7.30. The van der Waals surface area contributed by atoms with Crippen LogP contribution in [0, 0.1) is 6.92 Å². The van der Waals surface area contributed by atoms with Gasteiger partial charge in [-0.1, -0.05) is 30.3 Å². The van der Waals surface area contributed by atoms with E-state index in [0.29, 0.717) is 13.2 Å². The molecule has 6 nitrogen and oxygen atoms in total. The van der Waals surface area contributed by atoms with Crippen molar-refractivity contribution >= 4 is 5.91 Å². The van der Waals surface area contributed by atoms with Gasteiger partial charge in [0.25, 0.3) is 0 Å². The molecule has 1 aliphatic rings.